The van der Waals surface area contributed by atoms with Crippen LogP contribution in [0.4, 0.5) is 0 Å². The number of rotatable bonds is 2. The molecule has 0 radical (unpaired) electrons. The second-order valence-electron chi connectivity index (χ2n) is 7.16. The molecule has 1 fully saturated rings. The van der Waals surface area contributed by atoms with Gasteiger partial charge in [-0.3, -0.25) is 14.5 Å². The number of pyridine rings is 1. The number of hydrogen-bond acceptors (Lipinski definition) is 3. The lowest BCUT2D eigenvalue weighted by Crippen LogP contribution is -2.32. The lowest BCUT2D eigenvalue weighted by Gasteiger charge is -2.24. The summed E-state index contributed by atoms with van der Waals surface area (Å²) in [6, 6.07) is 7.82. The van der Waals surface area contributed by atoms with Crippen LogP contribution in [0, 0.1) is 6.92 Å². The summed E-state index contributed by atoms with van der Waals surface area (Å²) >= 11 is 0. The summed E-state index contributed by atoms with van der Waals surface area (Å²) in [4.78, 5) is 19.3. The van der Waals surface area contributed by atoms with Crippen LogP contribution >= 0.6 is 0 Å². The molecule has 3 heterocycles. The fourth-order valence-electron chi connectivity index (χ4n) is 3.30. The molecule has 1 amide bonds. The molecule has 0 aliphatic carbocycles. The predicted molar refractivity (Wildman–Crippen MR) is 89.2 cm³/mol. The third-order valence-corrected chi connectivity index (χ3v) is 4.28. The number of nitrogens with zero attached hydrogens (tertiary/aromatic N) is 4. The summed E-state index contributed by atoms with van der Waals surface area (Å²) in [6.07, 6.45) is 3.75. The first kappa shape index (κ1) is 15.7. The molecule has 1 aliphatic rings. The van der Waals surface area contributed by atoms with Crippen molar-refractivity contribution in [3.8, 4) is 0 Å². The number of aryl methyl sites for hydroxylation is 1. The van der Waals surface area contributed by atoms with Gasteiger partial charge in [0.05, 0.1) is 17.3 Å². The van der Waals surface area contributed by atoms with Gasteiger partial charge in [0.1, 0.15) is 0 Å². The number of amides is 1. The summed E-state index contributed by atoms with van der Waals surface area (Å²) in [5, 5.41) is 4.56. The van der Waals surface area contributed by atoms with Crippen LogP contribution in [0.15, 0.2) is 30.5 Å². The van der Waals surface area contributed by atoms with Crippen LogP contribution in [0.2, 0.25) is 0 Å². The Bertz CT molecular complexity index is 700. The van der Waals surface area contributed by atoms with Gasteiger partial charge in [-0.15, -0.1) is 0 Å². The Hall–Kier alpha value is -2.17. The Labute approximate surface area is 137 Å². The molecular weight excluding hydrogens is 288 g/mol. The first-order chi connectivity index (χ1) is 10.9. The minimum absolute atomic E-state index is 0.00394. The quantitative estimate of drug-likeness (QED) is 0.855. The van der Waals surface area contributed by atoms with E-state index in [-0.39, 0.29) is 17.5 Å². The molecule has 1 aliphatic heterocycles. The summed E-state index contributed by atoms with van der Waals surface area (Å²) in [7, 11) is 0. The van der Waals surface area contributed by atoms with E-state index in [0.717, 1.165) is 30.8 Å². The van der Waals surface area contributed by atoms with Gasteiger partial charge in [-0.05, 0) is 58.7 Å². The van der Waals surface area contributed by atoms with Crippen molar-refractivity contribution in [1.82, 2.24) is 19.7 Å². The highest BCUT2D eigenvalue weighted by Crippen LogP contribution is 2.32. The van der Waals surface area contributed by atoms with E-state index in [9.17, 15) is 4.79 Å². The maximum Gasteiger partial charge on any atom is 0.274 e. The maximum absolute atomic E-state index is 12.9. The molecule has 0 bridgehead atoms. The normalized spacial score (nSPS) is 18.4. The van der Waals surface area contributed by atoms with Crippen LogP contribution < -0.4 is 0 Å². The minimum atomic E-state index is -0.131. The molecule has 0 aromatic carbocycles. The molecule has 5 nitrogen and oxygen atoms in total. The fourth-order valence-corrected chi connectivity index (χ4v) is 3.30. The van der Waals surface area contributed by atoms with Crippen LogP contribution in [-0.4, -0.2) is 32.1 Å². The second-order valence-corrected chi connectivity index (χ2v) is 7.16. The van der Waals surface area contributed by atoms with Gasteiger partial charge >= 0.3 is 0 Å². The molecule has 2 aromatic heterocycles. The lowest BCUT2D eigenvalue weighted by atomic mass is 10.1. The van der Waals surface area contributed by atoms with Crippen LogP contribution in [0.25, 0.3) is 0 Å². The van der Waals surface area contributed by atoms with Crippen molar-refractivity contribution >= 4 is 5.91 Å². The zero-order chi connectivity index (χ0) is 16.6. The van der Waals surface area contributed by atoms with Crippen molar-refractivity contribution in [2.24, 2.45) is 0 Å². The van der Waals surface area contributed by atoms with Crippen molar-refractivity contribution in [2.45, 2.75) is 52.1 Å². The van der Waals surface area contributed by atoms with E-state index in [2.05, 4.69) is 30.9 Å². The molecule has 0 saturated carbocycles. The summed E-state index contributed by atoms with van der Waals surface area (Å²) in [6.45, 7) is 9.03. The Morgan fingerprint density at radius 1 is 1.30 bits per heavy atom. The van der Waals surface area contributed by atoms with E-state index in [1.54, 1.807) is 6.20 Å². The average Bonchev–Trinajstić information content (AvgIpc) is 3.13. The van der Waals surface area contributed by atoms with Gasteiger partial charge in [0.15, 0.2) is 5.69 Å². The first-order valence-corrected chi connectivity index (χ1v) is 8.17. The maximum atomic E-state index is 12.9. The summed E-state index contributed by atoms with van der Waals surface area (Å²) in [5.41, 5.74) is 2.37. The molecule has 1 unspecified atom stereocenters. The third kappa shape index (κ3) is 3.00. The zero-order valence-electron chi connectivity index (χ0n) is 14.3. The molecule has 0 spiro atoms. The van der Waals surface area contributed by atoms with Crippen LogP contribution in [0.3, 0.4) is 0 Å². The molecular formula is C18H24N4O. The number of likely N-dealkylation sites (tertiary alicyclic amines) is 1. The largest absolute Gasteiger partial charge is 0.329 e. The number of carbonyl (C=O) groups is 1. The Kier molecular flexibility index (Phi) is 3.96. The first-order valence-electron chi connectivity index (χ1n) is 8.17. The van der Waals surface area contributed by atoms with Gasteiger partial charge < -0.3 is 4.90 Å². The summed E-state index contributed by atoms with van der Waals surface area (Å²) < 4.78 is 1.92. The van der Waals surface area contributed by atoms with Gasteiger partial charge in [-0.2, -0.15) is 5.10 Å². The van der Waals surface area contributed by atoms with E-state index >= 15 is 0 Å². The molecule has 23 heavy (non-hydrogen) atoms. The number of carbonyl (C=O) groups excluding carboxylic acids is 1. The van der Waals surface area contributed by atoms with Crippen molar-refractivity contribution in [3.63, 3.8) is 0 Å². The number of hydrogen-bond donors (Lipinski definition) is 0. The smallest absolute Gasteiger partial charge is 0.274 e. The Balaban J connectivity index is 1.88. The van der Waals surface area contributed by atoms with E-state index in [1.165, 1.54) is 0 Å². The average molecular weight is 312 g/mol. The highest BCUT2D eigenvalue weighted by Gasteiger charge is 2.33. The van der Waals surface area contributed by atoms with Gasteiger partial charge in [-0.25, -0.2) is 0 Å². The second kappa shape index (κ2) is 5.80. The minimum Gasteiger partial charge on any atom is -0.329 e. The predicted octanol–water partition coefficient (Wildman–Crippen LogP) is 3.32. The zero-order valence-corrected chi connectivity index (χ0v) is 14.3. The molecule has 1 saturated heterocycles. The summed E-state index contributed by atoms with van der Waals surface area (Å²) in [5.74, 6) is 0.00394. The molecule has 122 valence electrons. The number of aromatic nitrogens is 3. The van der Waals surface area contributed by atoms with Gasteiger partial charge in [-0.1, -0.05) is 6.07 Å². The molecule has 5 heteroatoms. The van der Waals surface area contributed by atoms with Gasteiger partial charge in [0.25, 0.3) is 5.91 Å². The SMILES string of the molecule is Cc1cc(C(=O)N2CCCC2c2ccccn2)nn1C(C)(C)C. The van der Waals surface area contributed by atoms with Gasteiger partial charge in [0, 0.05) is 18.4 Å². The monoisotopic (exact) mass is 312 g/mol. The highest BCUT2D eigenvalue weighted by atomic mass is 16.2. The fraction of sp³-hybridized carbons (Fsp3) is 0.500. The topological polar surface area (TPSA) is 51.0 Å². The van der Waals surface area contributed by atoms with Crippen molar-refractivity contribution in [3.05, 3.63) is 47.5 Å². The van der Waals surface area contributed by atoms with Gasteiger partial charge in [0.2, 0.25) is 0 Å². The molecule has 3 rings (SSSR count). The van der Waals surface area contributed by atoms with E-state index in [4.69, 9.17) is 0 Å². The molecule has 2 aromatic rings. The molecule has 1 atom stereocenters. The van der Waals surface area contributed by atoms with Crippen molar-refractivity contribution in [1.29, 1.82) is 0 Å². The van der Waals surface area contributed by atoms with Crippen molar-refractivity contribution in [2.75, 3.05) is 6.54 Å². The standard InChI is InChI=1S/C18H24N4O/c1-13-12-15(20-22(13)18(2,3)4)17(23)21-11-7-9-16(21)14-8-5-6-10-19-14/h5-6,8,10,12,16H,7,9,11H2,1-4H3. The van der Waals surface area contributed by atoms with E-state index < -0.39 is 0 Å². The Morgan fingerprint density at radius 3 is 2.70 bits per heavy atom. The molecule has 0 N–H and O–H groups in total. The highest BCUT2D eigenvalue weighted by molar-refractivity contribution is 5.92. The lowest BCUT2D eigenvalue weighted by molar-refractivity contribution is 0.0725. The van der Waals surface area contributed by atoms with E-state index in [1.807, 2.05) is 40.8 Å². The third-order valence-electron chi connectivity index (χ3n) is 4.28. The van der Waals surface area contributed by atoms with Crippen LogP contribution in [0.5, 0.6) is 0 Å². The van der Waals surface area contributed by atoms with E-state index in [0.29, 0.717) is 5.69 Å². The Morgan fingerprint density at radius 2 is 2.09 bits per heavy atom. The van der Waals surface area contributed by atoms with Crippen LogP contribution in [0.1, 0.15) is 61.5 Å². The van der Waals surface area contributed by atoms with Crippen LogP contribution in [-0.2, 0) is 5.54 Å². The van der Waals surface area contributed by atoms with Crippen molar-refractivity contribution < 1.29 is 4.79 Å².